The first kappa shape index (κ1) is 28.2. The molecule has 5 aromatic rings. The Balaban J connectivity index is 1.32. The molecule has 0 spiro atoms. The SMILES string of the molecule is Cc1ccc(NS(=O)(=O)c2cc(C(=O)Nc3ccc(S(=O)(=O)Nc4cccc5ccccc45)cc3)ccc2Cl)cc1. The smallest absolute Gasteiger partial charge is 0.263 e. The molecule has 5 rings (SSSR count). The molecule has 0 aliphatic rings. The predicted molar refractivity (Wildman–Crippen MR) is 163 cm³/mol. The number of amides is 1. The van der Waals surface area contributed by atoms with Gasteiger partial charge in [0.25, 0.3) is 26.0 Å². The number of benzene rings is 5. The second kappa shape index (κ2) is 11.2. The Hall–Kier alpha value is -4.38. The van der Waals surface area contributed by atoms with Gasteiger partial charge in [-0.1, -0.05) is 65.7 Å². The van der Waals surface area contributed by atoms with Gasteiger partial charge in [0.05, 0.1) is 15.6 Å². The van der Waals surface area contributed by atoms with Gasteiger partial charge in [-0.25, -0.2) is 16.8 Å². The molecule has 208 valence electrons. The standard InChI is InChI=1S/C30H24ClN3O5S2/c1-20-9-12-24(13-10-20)33-41(38,39)29-19-22(11-18-27(29)31)30(35)32-23-14-16-25(17-15-23)40(36,37)34-28-8-4-6-21-5-2-3-7-26(21)28/h2-19,33-34H,1H3,(H,32,35). The third kappa shape index (κ3) is 6.35. The van der Waals surface area contributed by atoms with Crippen LogP contribution in [0, 0.1) is 6.92 Å². The van der Waals surface area contributed by atoms with Crippen molar-refractivity contribution in [1.29, 1.82) is 0 Å². The van der Waals surface area contributed by atoms with E-state index in [2.05, 4.69) is 14.8 Å². The normalized spacial score (nSPS) is 11.7. The molecule has 0 atom stereocenters. The quantitative estimate of drug-likeness (QED) is 0.183. The van der Waals surface area contributed by atoms with E-state index in [1.165, 1.54) is 42.5 Å². The Bertz CT molecular complexity index is 1970. The summed E-state index contributed by atoms with van der Waals surface area (Å²) in [7, 11) is -7.99. The molecule has 3 N–H and O–H groups in total. The highest BCUT2D eigenvalue weighted by Gasteiger charge is 2.21. The number of sulfonamides is 2. The van der Waals surface area contributed by atoms with E-state index in [1.54, 1.807) is 36.4 Å². The number of rotatable bonds is 8. The predicted octanol–water partition coefficient (Wildman–Crippen LogP) is 6.66. The van der Waals surface area contributed by atoms with Gasteiger partial charge in [-0.2, -0.15) is 0 Å². The third-order valence-corrected chi connectivity index (χ3v) is 9.49. The second-order valence-corrected chi connectivity index (χ2v) is 13.0. The molecule has 0 saturated carbocycles. The van der Waals surface area contributed by atoms with Crippen LogP contribution < -0.4 is 14.8 Å². The zero-order valence-electron chi connectivity index (χ0n) is 21.6. The summed E-state index contributed by atoms with van der Waals surface area (Å²) in [5, 5.41) is 4.27. The summed E-state index contributed by atoms with van der Waals surface area (Å²) in [5.74, 6) is -0.599. The maximum absolute atomic E-state index is 13.0. The molecule has 8 nitrogen and oxygen atoms in total. The van der Waals surface area contributed by atoms with Crippen molar-refractivity contribution in [2.45, 2.75) is 16.7 Å². The molecule has 41 heavy (non-hydrogen) atoms. The highest BCUT2D eigenvalue weighted by atomic mass is 35.5. The van der Waals surface area contributed by atoms with Crippen LogP contribution in [0.5, 0.6) is 0 Å². The fraction of sp³-hybridized carbons (Fsp3) is 0.0333. The summed E-state index contributed by atoms with van der Waals surface area (Å²) < 4.78 is 57.1. The van der Waals surface area contributed by atoms with Gasteiger partial charge < -0.3 is 5.32 Å². The van der Waals surface area contributed by atoms with Crippen molar-refractivity contribution < 1.29 is 21.6 Å². The number of nitrogens with one attached hydrogen (secondary N) is 3. The largest absolute Gasteiger partial charge is 0.322 e. The molecule has 0 unspecified atom stereocenters. The minimum Gasteiger partial charge on any atom is -0.322 e. The van der Waals surface area contributed by atoms with Crippen LogP contribution in [0.15, 0.2) is 119 Å². The molecule has 0 fully saturated rings. The fourth-order valence-corrected chi connectivity index (χ4v) is 6.79. The number of anilines is 3. The zero-order valence-corrected chi connectivity index (χ0v) is 24.0. The van der Waals surface area contributed by atoms with Crippen molar-refractivity contribution in [2.75, 3.05) is 14.8 Å². The Morgan fingerprint density at radius 1 is 0.683 bits per heavy atom. The van der Waals surface area contributed by atoms with Gasteiger partial charge in [0.1, 0.15) is 4.90 Å². The summed E-state index contributed by atoms with van der Waals surface area (Å²) in [6, 6.07) is 29.1. The summed E-state index contributed by atoms with van der Waals surface area (Å²) in [4.78, 5) is 12.7. The Labute approximate surface area is 243 Å². The van der Waals surface area contributed by atoms with E-state index in [1.807, 2.05) is 37.3 Å². The van der Waals surface area contributed by atoms with Gasteiger partial charge in [0.2, 0.25) is 0 Å². The van der Waals surface area contributed by atoms with Gasteiger partial charge in [-0.3, -0.25) is 14.2 Å². The van der Waals surface area contributed by atoms with Crippen LogP contribution in [0.4, 0.5) is 17.1 Å². The molecular formula is C30H24ClN3O5S2. The summed E-state index contributed by atoms with van der Waals surface area (Å²) in [6.45, 7) is 1.88. The summed E-state index contributed by atoms with van der Waals surface area (Å²) >= 11 is 6.17. The van der Waals surface area contributed by atoms with Gasteiger partial charge in [-0.05, 0) is 73.0 Å². The first-order valence-corrected chi connectivity index (χ1v) is 15.7. The lowest BCUT2D eigenvalue weighted by atomic mass is 10.1. The minimum absolute atomic E-state index is 0.00508. The summed E-state index contributed by atoms with van der Waals surface area (Å²) in [6.07, 6.45) is 0. The van der Waals surface area contributed by atoms with Crippen LogP contribution in [0.1, 0.15) is 15.9 Å². The van der Waals surface area contributed by atoms with E-state index in [-0.39, 0.29) is 20.4 Å². The van der Waals surface area contributed by atoms with E-state index in [0.717, 1.165) is 16.3 Å². The van der Waals surface area contributed by atoms with E-state index in [9.17, 15) is 21.6 Å². The highest BCUT2D eigenvalue weighted by Crippen LogP contribution is 2.28. The summed E-state index contributed by atoms with van der Waals surface area (Å²) in [5.41, 5.74) is 2.14. The highest BCUT2D eigenvalue weighted by molar-refractivity contribution is 7.93. The fourth-order valence-electron chi connectivity index (χ4n) is 4.12. The molecule has 0 aliphatic carbocycles. The number of aryl methyl sites for hydroxylation is 1. The topological polar surface area (TPSA) is 121 Å². The van der Waals surface area contributed by atoms with Crippen molar-refractivity contribution in [3.05, 3.63) is 125 Å². The molecule has 0 aromatic heterocycles. The van der Waals surface area contributed by atoms with Gasteiger partial charge >= 0.3 is 0 Å². The van der Waals surface area contributed by atoms with E-state index < -0.39 is 26.0 Å². The first-order chi connectivity index (χ1) is 19.5. The maximum Gasteiger partial charge on any atom is 0.263 e. The van der Waals surface area contributed by atoms with Gasteiger partial charge in [0.15, 0.2) is 0 Å². The number of hydrogen-bond donors (Lipinski definition) is 3. The first-order valence-electron chi connectivity index (χ1n) is 12.3. The van der Waals surface area contributed by atoms with Crippen LogP contribution >= 0.6 is 11.6 Å². The van der Waals surface area contributed by atoms with E-state index in [4.69, 9.17) is 11.6 Å². The van der Waals surface area contributed by atoms with Crippen LogP contribution in [-0.4, -0.2) is 22.7 Å². The van der Waals surface area contributed by atoms with Gasteiger partial charge in [-0.15, -0.1) is 0 Å². The molecule has 5 aromatic carbocycles. The van der Waals surface area contributed by atoms with Crippen LogP contribution in [0.25, 0.3) is 10.8 Å². The molecule has 1 amide bonds. The van der Waals surface area contributed by atoms with Crippen molar-refractivity contribution in [3.63, 3.8) is 0 Å². The number of carbonyl (C=O) groups excluding carboxylic acids is 1. The number of carbonyl (C=O) groups is 1. The average Bonchev–Trinajstić information content (AvgIpc) is 2.94. The average molecular weight is 606 g/mol. The molecular weight excluding hydrogens is 582 g/mol. The Kier molecular flexibility index (Phi) is 7.72. The van der Waals surface area contributed by atoms with E-state index in [0.29, 0.717) is 17.1 Å². The monoisotopic (exact) mass is 605 g/mol. The minimum atomic E-state index is -4.08. The molecule has 0 bridgehead atoms. The molecule has 0 saturated heterocycles. The molecule has 0 heterocycles. The zero-order chi connectivity index (χ0) is 29.2. The molecule has 11 heteroatoms. The number of halogens is 1. The molecule has 0 aliphatic heterocycles. The van der Waals surface area contributed by atoms with Crippen LogP contribution in [0.3, 0.4) is 0 Å². The van der Waals surface area contributed by atoms with Crippen molar-refractivity contribution in [3.8, 4) is 0 Å². The maximum atomic E-state index is 13.0. The van der Waals surface area contributed by atoms with Crippen LogP contribution in [0.2, 0.25) is 5.02 Å². The Morgan fingerprint density at radius 3 is 2.07 bits per heavy atom. The third-order valence-electron chi connectivity index (χ3n) is 6.24. The van der Waals surface area contributed by atoms with Crippen molar-refractivity contribution in [2.24, 2.45) is 0 Å². The van der Waals surface area contributed by atoms with Crippen LogP contribution in [-0.2, 0) is 20.0 Å². The van der Waals surface area contributed by atoms with Crippen molar-refractivity contribution >= 4 is 65.4 Å². The van der Waals surface area contributed by atoms with E-state index >= 15 is 0 Å². The Morgan fingerprint density at radius 2 is 1.34 bits per heavy atom. The lowest BCUT2D eigenvalue weighted by molar-refractivity contribution is 0.102. The number of fused-ring (bicyclic) bond motifs is 1. The second-order valence-electron chi connectivity index (χ2n) is 9.23. The van der Waals surface area contributed by atoms with Crippen molar-refractivity contribution in [1.82, 2.24) is 0 Å². The number of hydrogen-bond acceptors (Lipinski definition) is 5. The lowest BCUT2D eigenvalue weighted by Gasteiger charge is -2.13. The lowest BCUT2D eigenvalue weighted by Crippen LogP contribution is -2.17. The molecule has 0 radical (unpaired) electrons. The van der Waals surface area contributed by atoms with Gasteiger partial charge in [0, 0.05) is 22.3 Å².